The van der Waals surface area contributed by atoms with Crippen LogP contribution in [0.4, 0.5) is 4.39 Å². The zero-order valence-corrected chi connectivity index (χ0v) is 14.3. The molecule has 0 bridgehead atoms. The molecule has 2 aromatic carbocycles. The van der Waals surface area contributed by atoms with Gasteiger partial charge in [-0.2, -0.15) is 4.72 Å². The van der Waals surface area contributed by atoms with Crippen LogP contribution < -0.4 is 10.0 Å². The Bertz CT molecular complexity index is 838. The molecule has 0 radical (unpaired) electrons. The van der Waals surface area contributed by atoms with Gasteiger partial charge < -0.3 is 5.32 Å². The van der Waals surface area contributed by atoms with Crippen LogP contribution >= 0.6 is 0 Å². The first-order chi connectivity index (χ1) is 11.9. The van der Waals surface area contributed by atoms with Gasteiger partial charge >= 0.3 is 0 Å². The van der Waals surface area contributed by atoms with E-state index >= 15 is 0 Å². The average Bonchev–Trinajstić information content (AvgIpc) is 2.60. The largest absolute Gasteiger partial charge is 0.351 e. The van der Waals surface area contributed by atoms with Gasteiger partial charge in [0.25, 0.3) is 0 Å². The van der Waals surface area contributed by atoms with Crippen molar-refractivity contribution in [3.8, 4) is 0 Å². The summed E-state index contributed by atoms with van der Waals surface area (Å²) in [5, 5.41) is 2.56. The molecule has 0 saturated carbocycles. The lowest BCUT2D eigenvalue weighted by molar-refractivity contribution is -0.122. The summed E-state index contributed by atoms with van der Waals surface area (Å²) in [6.45, 7) is 3.71. The molecular weight excluding hydrogens is 343 g/mol. The summed E-state index contributed by atoms with van der Waals surface area (Å²) >= 11 is 0. The molecule has 0 aromatic heterocycles. The van der Waals surface area contributed by atoms with Gasteiger partial charge in [-0.05, 0) is 24.1 Å². The van der Waals surface area contributed by atoms with Crippen LogP contribution in [-0.2, 0) is 21.2 Å². The Morgan fingerprint density at radius 2 is 1.76 bits per heavy atom. The monoisotopic (exact) mass is 362 g/mol. The third-order valence-electron chi connectivity index (χ3n) is 3.44. The number of benzene rings is 2. The van der Waals surface area contributed by atoms with E-state index in [0.717, 1.165) is 17.7 Å². The summed E-state index contributed by atoms with van der Waals surface area (Å²) in [6.07, 6.45) is 1.63. The number of hydrogen-bond acceptors (Lipinski definition) is 3. The molecule has 0 spiro atoms. The Kier molecular flexibility index (Phi) is 6.44. The van der Waals surface area contributed by atoms with Gasteiger partial charge in [0.05, 0.1) is 0 Å². The minimum atomic E-state index is -4.19. The Morgan fingerprint density at radius 3 is 2.40 bits per heavy atom. The Balaban J connectivity index is 2.27. The van der Waals surface area contributed by atoms with Gasteiger partial charge in [-0.25, -0.2) is 12.8 Å². The fourth-order valence-corrected chi connectivity index (χ4v) is 3.52. The van der Waals surface area contributed by atoms with Gasteiger partial charge in [0.1, 0.15) is 16.8 Å². The Labute approximate surface area is 146 Å². The summed E-state index contributed by atoms with van der Waals surface area (Å²) in [5.74, 6) is -1.39. The molecule has 0 aliphatic carbocycles. The lowest BCUT2D eigenvalue weighted by Crippen LogP contribution is -2.48. The maximum absolute atomic E-state index is 13.8. The summed E-state index contributed by atoms with van der Waals surface area (Å²) in [7, 11) is -4.19. The number of carbonyl (C=O) groups is 1. The highest BCUT2D eigenvalue weighted by Crippen LogP contribution is 2.15. The molecule has 1 amide bonds. The van der Waals surface area contributed by atoms with Crippen molar-refractivity contribution in [3.05, 3.63) is 78.6 Å². The second kappa shape index (κ2) is 8.55. The minimum absolute atomic E-state index is 0.136. The maximum atomic E-state index is 13.8. The van der Waals surface area contributed by atoms with Gasteiger partial charge in [0.15, 0.2) is 0 Å². The van der Waals surface area contributed by atoms with Crippen molar-refractivity contribution < 1.29 is 17.6 Å². The fraction of sp³-hybridized carbons (Fsp3) is 0.167. The molecule has 0 saturated heterocycles. The van der Waals surface area contributed by atoms with E-state index in [1.165, 1.54) is 18.2 Å². The fourth-order valence-electron chi connectivity index (χ4n) is 2.25. The van der Waals surface area contributed by atoms with E-state index in [-0.39, 0.29) is 13.0 Å². The van der Waals surface area contributed by atoms with Crippen molar-refractivity contribution in [1.29, 1.82) is 0 Å². The number of halogens is 1. The quantitative estimate of drug-likeness (QED) is 0.706. The van der Waals surface area contributed by atoms with Crippen molar-refractivity contribution >= 4 is 15.9 Å². The maximum Gasteiger partial charge on any atom is 0.244 e. The lowest BCUT2D eigenvalue weighted by Gasteiger charge is -2.18. The zero-order chi connectivity index (χ0) is 18.3. The highest BCUT2D eigenvalue weighted by molar-refractivity contribution is 7.89. The van der Waals surface area contributed by atoms with Crippen LogP contribution in [0.15, 0.2) is 72.1 Å². The summed E-state index contributed by atoms with van der Waals surface area (Å²) in [4.78, 5) is 11.8. The normalized spacial score (nSPS) is 12.4. The number of hydrogen-bond donors (Lipinski definition) is 2. The van der Waals surface area contributed by atoms with Crippen molar-refractivity contribution in [1.82, 2.24) is 10.0 Å². The number of rotatable bonds is 8. The molecule has 1 atom stereocenters. The molecule has 2 aromatic rings. The standard InChI is InChI=1S/C18H19FN2O3S/c1-2-12-20-18(22)16(13-14-8-4-3-5-9-14)21-25(23,24)17-11-7-6-10-15(17)19/h2-11,16,21H,1,12-13H2,(H,20,22)/t16-/m0/s1. The zero-order valence-electron chi connectivity index (χ0n) is 13.5. The molecule has 7 heteroatoms. The van der Waals surface area contributed by atoms with Crippen LogP contribution in [0.25, 0.3) is 0 Å². The van der Waals surface area contributed by atoms with Crippen molar-refractivity contribution in [3.63, 3.8) is 0 Å². The third kappa shape index (κ3) is 5.23. The van der Waals surface area contributed by atoms with Gasteiger partial charge in [0, 0.05) is 6.54 Å². The van der Waals surface area contributed by atoms with E-state index in [9.17, 15) is 17.6 Å². The van der Waals surface area contributed by atoms with E-state index in [1.54, 1.807) is 24.3 Å². The second-order valence-corrected chi connectivity index (χ2v) is 7.01. The first-order valence-electron chi connectivity index (χ1n) is 7.63. The number of sulfonamides is 1. The van der Waals surface area contributed by atoms with Crippen LogP contribution in [0.1, 0.15) is 5.56 Å². The summed E-state index contributed by atoms with van der Waals surface area (Å²) < 4.78 is 41.1. The van der Waals surface area contributed by atoms with E-state index in [0.29, 0.717) is 0 Å². The van der Waals surface area contributed by atoms with E-state index in [2.05, 4.69) is 16.6 Å². The minimum Gasteiger partial charge on any atom is -0.351 e. The second-order valence-electron chi connectivity index (χ2n) is 5.33. The highest BCUT2D eigenvalue weighted by atomic mass is 32.2. The van der Waals surface area contributed by atoms with Crippen molar-refractivity contribution in [2.45, 2.75) is 17.4 Å². The van der Waals surface area contributed by atoms with Gasteiger partial charge in [-0.1, -0.05) is 48.5 Å². The molecule has 2 rings (SSSR count). The SMILES string of the molecule is C=CCNC(=O)[C@H](Cc1ccccc1)NS(=O)(=O)c1ccccc1F. The van der Waals surface area contributed by atoms with Crippen molar-refractivity contribution in [2.24, 2.45) is 0 Å². The number of carbonyl (C=O) groups excluding carboxylic acids is 1. The van der Waals surface area contributed by atoms with Crippen LogP contribution in [-0.4, -0.2) is 26.9 Å². The molecule has 132 valence electrons. The molecule has 0 unspecified atom stereocenters. The first kappa shape index (κ1) is 18.8. The van der Waals surface area contributed by atoms with E-state index < -0.39 is 32.7 Å². The first-order valence-corrected chi connectivity index (χ1v) is 9.12. The van der Waals surface area contributed by atoms with Gasteiger partial charge in [0.2, 0.25) is 15.9 Å². The van der Waals surface area contributed by atoms with E-state index in [1.807, 2.05) is 6.07 Å². The lowest BCUT2D eigenvalue weighted by atomic mass is 10.1. The predicted octanol–water partition coefficient (Wildman–Crippen LogP) is 2.02. The Morgan fingerprint density at radius 1 is 1.12 bits per heavy atom. The highest BCUT2D eigenvalue weighted by Gasteiger charge is 2.27. The average molecular weight is 362 g/mol. The number of nitrogens with one attached hydrogen (secondary N) is 2. The van der Waals surface area contributed by atoms with E-state index in [4.69, 9.17) is 0 Å². The summed E-state index contributed by atoms with van der Waals surface area (Å²) in [5.41, 5.74) is 0.775. The molecule has 5 nitrogen and oxygen atoms in total. The van der Waals surface area contributed by atoms with Crippen LogP contribution in [0, 0.1) is 5.82 Å². The van der Waals surface area contributed by atoms with Crippen molar-refractivity contribution in [2.75, 3.05) is 6.54 Å². The molecule has 0 fully saturated rings. The molecule has 2 N–H and O–H groups in total. The van der Waals surface area contributed by atoms with Gasteiger partial charge in [-0.15, -0.1) is 6.58 Å². The van der Waals surface area contributed by atoms with Crippen LogP contribution in [0.5, 0.6) is 0 Å². The topological polar surface area (TPSA) is 75.3 Å². The molecule has 0 aliphatic heterocycles. The number of amides is 1. The van der Waals surface area contributed by atoms with Gasteiger partial charge in [-0.3, -0.25) is 4.79 Å². The smallest absolute Gasteiger partial charge is 0.244 e. The van der Waals surface area contributed by atoms with Crippen LogP contribution in [0.2, 0.25) is 0 Å². The molecular formula is C18H19FN2O3S. The van der Waals surface area contributed by atoms with Crippen LogP contribution in [0.3, 0.4) is 0 Å². The predicted molar refractivity (Wildman–Crippen MR) is 93.9 cm³/mol. The third-order valence-corrected chi connectivity index (χ3v) is 4.95. The molecule has 0 heterocycles. The Hall–Kier alpha value is -2.51. The molecule has 25 heavy (non-hydrogen) atoms. The molecule has 0 aliphatic rings. The summed E-state index contributed by atoms with van der Waals surface area (Å²) in [6, 6.07) is 12.9.